The maximum atomic E-state index is 10.4. The first-order chi connectivity index (χ1) is 8.20. The van der Waals surface area contributed by atoms with Crippen molar-refractivity contribution in [3.63, 3.8) is 0 Å². The summed E-state index contributed by atoms with van der Waals surface area (Å²) in [6.45, 7) is 3.92. The summed E-state index contributed by atoms with van der Waals surface area (Å²) >= 11 is 0. The minimum atomic E-state index is -4.00. The largest absolute Gasteiger partial charge is 0.386 e. The normalized spacial score (nSPS) is 9.22. The molecule has 0 spiro atoms. The van der Waals surface area contributed by atoms with E-state index in [0.717, 1.165) is 0 Å². The summed E-state index contributed by atoms with van der Waals surface area (Å²) in [6, 6.07) is 10.3. The summed E-state index contributed by atoms with van der Waals surface area (Å²) < 4.78 is 31.1. The first-order valence-corrected chi connectivity index (χ1v) is 5.27. The Morgan fingerprint density at radius 3 is 1.72 bits per heavy atom. The van der Waals surface area contributed by atoms with E-state index in [1.54, 1.807) is 6.92 Å². The summed E-state index contributed by atoms with van der Waals surface area (Å²) in [5.41, 5.74) is 1.32. The molecule has 0 amide bonds. The predicted molar refractivity (Wildman–Crippen MR) is 64.3 cm³/mol. The van der Waals surface area contributed by atoms with Crippen molar-refractivity contribution >= 4 is 12.1 Å². The molecule has 5 heteroatoms. The lowest BCUT2D eigenvalue weighted by atomic mass is 10.2. The van der Waals surface area contributed by atoms with Crippen molar-refractivity contribution in [2.45, 2.75) is 33.4 Å². The Hall–Kier alpha value is -1.65. The Bertz CT molecular complexity index is 326. The first kappa shape index (κ1) is 18.7. The SMILES string of the molecule is CC(F)(F)F.CCC(=O)C=O.Cc1ccccc1. The van der Waals surface area contributed by atoms with Crippen molar-refractivity contribution < 1.29 is 22.8 Å². The van der Waals surface area contributed by atoms with Crippen molar-refractivity contribution in [3.8, 4) is 0 Å². The highest BCUT2D eigenvalue weighted by atomic mass is 19.4. The molecule has 0 atom stereocenters. The van der Waals surface area contributed by atoms with E-state index >= 15 is 0 Å². The van der Waals surface area contributed by atoms with Crippen molar-refractivity contribution in [3.05, 3.63) is 35.9 Å². The highest BCUT2D eigenvalue weighted by molar-refractivity contribution is 6.24. The van der Waals surface area contributed by atoms with Crippen LogP contribution in [-0.2, 0) is 9.59 Å². The Balaban J connectivity index is 0. The average molecular weight is 262 g/mol. The molecule has 0 aliphatic carbocycles. The van der Waals surface area contributed by atoms with Gasteiger partial charge in [0, 0.05) is 13.3 Å². The number of aryl methyl sites for hydroxylation is 1. The van der Waals surface area contributed by atoms with Gasteiger partial charge in [0.15, 0.2) is 12.1 Å². The molecule has 0 aromatic heterocycles. The van der Waals surface area contributed by atoms with E-state index in [1.165, 1.54) is 5.56 Å². The lowest BCUT2D eigenvalue weighted by molar-refractivity contribution is -0.129. The molecule has 102 valence electrons. The Labute approximate surface area is 105 Å². The first-order valence-electron chi connectivity index (χ1n) is 5.27. The van der Waals surface area contributed by atoms with Crippen LogP contribution in [-0.4, -0.2) is 18.2 Å². The molecule has 0 unspecified atom stereocenters. The summed E-state index contributed by atoms with van der Waals surface area (Å²) in [5, 5.41) is 0. The van der Waals surface area contributed by atoms with Gasteiger partial charge in [-0.05, 0) is 6.92 Å². The predicted octanol–water partition coefficient (Wildman–Crippen LogP) is 3.73. The van der Waals surface area contributed by atoms with Gasteiger partial charge in [-0.3, -0.25) is 9.59 Å². The zero-order valence-electron chi connectivity index (χ0n) is 10.6. The van der Waals surface area contributed by atoms with Crippen molar-refractivity contribution in [1.29, 1.82) is 0 Å². The number of benzene rings is 1. The van der Waals surface area contributed by atoms with Gasteiger partial charge >= 0.3 is 6.18 Å². The van der Waals surface area contributed by atoms with Gasteiger partial charge in [-0.25, -0.2) is 0 Å². The highest BCUT2D eigenvalue weighted by Gasteiger charge is 2.15. The second-order valence-electron chi connectivity index (χ2n) is 3.37. The molecule has 1 aromatic carbocycles. The maximum Gasteiger partial charge on any atom is 0.386 e. The number of hydrogen-bond donors (Lipinski definition) is 0. The third-order valence-corrected chi connectivity index (χ3v) is 1.42. The van der Waals surface area contributed by atoms with E-state index in [9.17, 15) is 22.8 Å². The zero-order chi connectivity index (χ0) is 14.6. The van der Waals surface area contributed by atoms with Crippen LogP contribution in [0.4, 0.5) is 13.2 Å². The molecule has 0 saturated carbocycles. The summed E-state index contributed by atoms with van der Waals surface area (Å²) in [5.74, 6) is -0.338. The number of aldehydes is 1. The lowest BCUT2D eigenvalue weighted by Gasteiger charge is -1.88. The second-order valence-corrected chi connectivity index (χ2v) is 3.37. The Morgan fingerprint density at radius 1 is 1.22 bits per heavy atom. The van der Waals surface area contributed by atoms with Gasteiger partial charge in [-0.1, -0.05) is 42.8 Å². The van der Waals surface area contributed by atoms with Crippen LogP contribution in [0.2, 0.25) is 0 Å². The topological polar surface area (TPSA) is 34.1 Å². The fraction of sp³-hybridized carbons (Fsp3) is 0.385. The number of Topliss-reactive ketones (excluding diaryl/α,β-unsaturated/α-hetero) is 1. The monoisotopic (exact) mass is 262 g/mol. The molecule has 0 aliphatic heterocycles. The van der Waals surface area contributed by atoms with Gasteiger partial charge in [-0.2, -0.15) is 13.2 Å². The number of carbonyl (C=O) groups excluding carboxylic acids is 2. The lowest BCUT2D eigenvalue weighted by Crippen LogP contribution is -1.95. The molecule has 1 rings (SSSR count). The van der Waals surface area contributed by atoms with Gasteiger partial charge in [0.05, 0.1) is 0 Å². The average Bonchev–Trinajstić information content (AvgIpc) is 2.27. The van der Waals surface area contributed by atoms with E-state index in [4.69, 9.17) is 0 Å². The van der Waals surface area contributed by atoms with E-state index in [2.05, 4.69) is 19.1 Å². The van der Waals surface area contributed by atoms with Crippen molar-refractivity contribution in [2.24, 2.45) is 0 Å². The third-order valence-electron chi connectivity index (χ3n) is 1.42. The molecule has 2 nitrogen and oxygen atoms in total. The molecule has 0 heterocycles. The van der Waals surface area contributed by atoms with Crippen LogP contribution >= 0.6 is 0 Å². The smallest absolute Gasteiger partial charge is 0.295 e. The van der Waals surface area contributed by atoms with Gasteiger partial charge in [-0.15, -0.1) is 0 Å². The van der Waals surface area contributed by atoms with Crippen LogP contribution in [0.5, 0.6) is 0 Å². The Morgan fingerprint density at radius 2 is 1.61 bits per heavy atom. The summed E-state index contributed by atoms with van der Waals surface area (Å²) in [7, 11) is 0. The second kappa shape index (κ2) is 10.5. The fourth-order valence-corrected chi connectivity index (χ4v) is 0.618. The molecule has 0 radical (unpaired) electrons. The van der Waals surface area contributed by atoms with E-state index < -0.39 is 6.18 Å². The van der Waals surface area contributed by atoms with Crippen molar-refractivity contribution in [2.75, 3.05) is 0 Å². The standard InChI is InChI=1S/C7H8.C4H6O2.C2H3F3/c1-7-5-3-2-4-6-7;1-2-4(6)3-5;1-2(3,4)5/h2-6H,1H3;3H,2H2,1H3;1H3. The minimum Gasteiger partial charge on any atom is -0.295 e. The number of ketones is 1. The van der Waals surface area contributed by atoms with Crippen LogP contribution in [0.15, 0.2) is 30.3 Å². The molecule has 0 aliphatic rings. The third kappa shape index (κ3) is 23.9. The molecule has 18 heavy (non-hydrogen) atoms. The van der Waals surface area contributed by atoms with Crippen LogP contribution in [0.1, 0.15) is 25.8 Å². The molecular weight excluding hydrogens is 245 g/mol. The maximum absolute atomic E-state index is 10.4. The molecule has 0 N–H and O–H groups in total. The Kier molecular flexibility index (Phi) is 10.9. The molecular formula is C13H17F3O2. The van der Waals surface area contributed by atoms with Crippen LogP contribution in [0.25, 0.3) is 0 Å². The quantitative estimate of drug-likeness (QED) is 0.601. The van der Waals surface area contributed by atoms with Crippen molar-refractivity contribution in [1.82, 2.24) is 0 Å². The molecule has 0 fully saturated rings. The number of halogens is 3. The van der Waals surface area contributed by atoms with E-state index in [1.807, 2.05) is 18.2 Å². The minimum absolute atomic E-state index is 0.188. The molecule has 0 saturated heterocycles. The van der Waals surface area contributed by atoms with Crippen LogP contribution < -0.4 is 0 Å². The van der Waals surface area contributed by atoms with Crippen LogP contribution in [0.3, 0.4) is 0 Å². The van der Waals surface area contributed by atoms with E-state index in [0.29, 0.717) is 12.7 Å². The number of alkyl halides is 3. The highest BCUT2D eigenvalue weighted by Crippen LogP contribution is 2.10. The fourth-order valence-electron chi connectivity index (χ4n) is 0.618. The zero-order valence-corrected chi connectivity index (χ0v) is 10.6. The number of carbonyl (C=O) groups is 2. The summed E-state index contributed by atoms with van der Waals surface area (Å²) in [6.07, 6.45) is -3.34. The van der Waals surface area contributed by atoms with Gasteiger partial charge in [0.25, 0.3) is 0 Å². The number of hydrogen-bond acceptors (Lipinski definition) is 2. The van der Waals surface area contributed by atoms with E-state index in [-0.39, 0.29) is 12.7 Å². The van der Waals surface area contributed by atoms with Gasteiger partial charge < -0.3 is 0 Å². The van der Waals surface area contributed by atoms with Gasteiger partial charge in [0.1, 0.15) is 0 Å². The number of rotatable bonds is 2. The summed E-state index contributed by atoms with van der Waals surface area (Å²) in [4.78, 5) is 19.2. The van der Waals surface area contributed by atoms with Gasteiger partial charge in [0.2, 0.25) is 0 Å². The van der Waals surface area contributed by atoms with Crippen LogP contribution in [0, 0.1) is 6.92 Å². The molecule has 0 bridgehead atoms. The molecule has 1 aromatic rings.